The van der Waals surface area contributed by atoms with Gasteiger partial charge in [0.25, 0.3) is 17.4 Å². The number of alkyl halides is 2. The summed E-state index contributed by atoms with van der Waals surface area (Å²) in [6.07, 6.45) is 3.63. The van der Waals surface area contributed by atoms with E-state index in [4.69, 9.17) is 0 Å². The first-order valence-corrected chi connectivity index (χ1v) is 11.9. The molecule has 2 fully saturated rings. The van der Waals surface area contributed by atoms with Crippen LogP contribution < -0.4 is 10.9 Å². The van der Waals surface area contributed by atoms with E-state index in [0.717, 1.165) is 17.4 Å². The first kappa shape index (κ1) is 24.9. The summed E-state index contributed by atoms with van der Waals surface area (Å²) in [5, 5.41) is 17.9. The number of carbonyl (C=O) groups excluding carboxylic acids is 2. The second-order valence-corrected chi connectivity index (χ2v) is 10.0. The highest BCUT2D eigenvalue weighted by Gasteiger charge is 2.39. The monoisotopic (exact) mass is 491 g/mol. The number of carbonyl (C=O) groups is 2. The second-order valence-electron chi connectivity index (χ2n) is 10.0. The summed E-state index contributed by atoms with van der Waals surface area (Å²) in [5.41, 5.74) is 0.0931. The molecule has 0 bridgehead atoms. The predicted molar refractivity (Wildman–Crippen MR) is 126 cm³/mol. The summed E-state index contributed by atoms with van der Waals surface area (Å²) in [6, 6.07) is -0.617. The number of halogens is 2. The standard InChI is InChI=1S/C24H31F2N5O4/c1-13(2)12-30-21-17(7-8-18(32)29-10-9-24(25,26)11-14(29)3)15(4)28-31(21)23(35)19(22(30)34)20(33)27-16-5-6-16/h7-8,13-14,16,35H,5-6,9-12H2,1-4H3,(H,27,33)/b8-7+. The van der Waals surface area contributed by atoms with Crippen LogP contribution in [0.25, 0.3) is 11.7 Å². The van der Waals surface area contributed by atoms with E-state index in [9.17, 15) is 28.3 Å². The highest BCUT2D eigenvalue weighted by molar-refractivity contribution is 5.97. The predicted octanol–water partition coefficient (Wildman–Crippen LogP) is 2.72. The van der Waals surface area contributed by atoms with Gasteiger partial charge in [-0.15, -0.1) is 0 Å². The number of amides is 2. The number of fused-ring (bicyclic) bond motifs is 1. The number of aromatic hydroxyl groups is 1. The molecular formula is C24H31F2N5O4. The molecule has 35 heavy (non-hydrogen) atoms. The molecule has 0 radical (unpaired) electrons. The minimum absolute atomic E-state index is 0.00320. The third kappa shape index (κ3) is 4.94. The summed E-state index contributed by atoms with van der Waals surface area (Å²) in [5.74, 6) is -4.39. The van der Waals surface area contributed by atoms with Crippen molar-refractivity contribution in [2.24, 2.45) is 5.92 Å². The fraction of sp³-hybridized carbons (Fsp3) is 0.583. The topological polar surface area (TPSA) is 109 Å². The van der Waals surface area contributed by atoms with Crippen molar-refractivity contribution in [1.82, 2.24) is 24.4 Å². The van der Waals surface area contributed by atoms with Crippen LogP contribution in [0.1, 0.15) is 68.1 Å². The minimum Gasteiger partial charge on any atom is -0.492 e. The van der Waals surface area contributed by atoms with Gasteiger partial charge in [-0.1, -0.05) is 13.8 Å². The van der Waals surface area contributed by atoms with Crippen molar-refractivity contribution in [3.8, 4) is 5.88 Å². The molecule has 1 aliphatic carbocycles. The number of nitrogens with zero attached hydrogens (tertiary/aromatic N) is 4. The van der Waals surface area contributed by atoms with Gasteiger partial charge in [0.2, 0.25) is 11.8 Å². The van der Waals surface area contributed by atoms with Crippen LogP contribution in [0.3, 0.4) is 0 Å². The van der Waals surface area contributed by atoms with Gasteiger partial charge < -0.3 is 15.3 Å². The van der Waals surface area contributed by atoms with Crippen LogP contribution in [0.2, 0.25) is 0 Å². The molecule has 1 atom stereocenters. The van der Waals surface area contributed by atoms with Crippen molar-refractivity contribution in [2.75, 3.05) is 6.54 Å². The van der Waals surface area contributed by atoms with Crippen LogP contribution in [0, 0.1) is 12.8 Å². The third-order valence-corrected chi connectivity index (χ3v) is 6.43. The zero-order chi connectivity index (χ0) is 25.7. The van der Waals surface area contributed by atoms with Crippen molar-refractivity contribution in [3.05, 3.63) is 33.3 Å². The summed E-state index contributed by atoms with van der Waals surface area (Å²) in [7, 11) is 0. The van der Waals surface area contributed by atoms with Gasteiger partial charge in [0.05, 0.1) is 5.69 Å². The molecule has 0 spiro atoms. The molecule has 4 rings (SSSR count). The molecule has 1 saturated carbocycles. The molecule has 2 amide bonds. The van der Waals surface area contributed by atoms with Crippen molar-refractivity contribution >= 4 is 23.5 Å². The molecule has 1 aliphatic heterocycles. The first-order valence-electron chi connectivity index (χ1n) is 11.9. The maximum Gasteiger partial charge on any atom is 0.270 e. The molecule has 2 aromatic rings. The molecule has 2 N–H and O–H groups in total. The molecule has 2 aliphatic rings. The normalized spacial score (nSPS) is 20.2. The lowest BCUT2D eigenvalue weighted by Gasteiger charge is -2.36. The minimum atomic E-state index is -2.78. The molecule has 1 unspecified atom stereocenters. The van der Waals surface area contributed by atoms with E-state index in [0.29, 0.717) is 11.3 Å². The average Bonchev–Trinajstić information content (AvgIpc) is 3.49. The molecule has 3 heterocycles. The number of nitrogens with one attached hydrogen (secondary N) is 1. The van der Waals surface area contributed by atoms with Gasteiger partial charge in [-0.05, 0) is 38.7 Å². The van der Waals surface area contributed by atoms with Gasteiger partial charge >= 0.3 is 0 Å². The summed E-state index contributed by atoms with van der Waals surface area (Å²) < 4.78 is 29.9. The van der Waals surface area contributed by atoms with E-state index in [1.807, 2.05) is 13.8 Å². The Morgan fingerprint density at radius 2 is 2.00 bits per heavy atom. The van der Waals surface area contributed by atoms with E-state index in [1.165, 1.54) is 21.6 Å². The largest absolute Gasteiger partial charge is 0.492 e. The van der Waals surface area contributed by atoms with Gasteiger partial charge in [-0.3, -0.25) is 19.0 Å². The number of hydrogen-bond acceptors (Lipinski definition) is 5. The van der Waals surface area contributed by atoms with Crippen LogP contribution in [0.5, 0.6) is 5.88 Å². The Labute approximate surface area is 201 Å². The Morgan fingerprint density at radius 1 is 1.31 bits per heavy atom. The van der Waals surface area contributed by atoms with Gasteiger partial charge in [-0.25, -0.2) is 8.78 Å². The SMILES string of the molecule is Cc1nn2c(O)c(C(=O)NC3CC3)c(=O)n(CC(C)C)c2c1/C=C/C(=O)N1CCC(F)(F)CC1C. The van der Waals surface area contributed by atoms with Crippen LogP contribution in [-0.4, -0.2) is 60.6 Å². The number of piperidine rings is 1. The lowest BCUT2D eigenvalue weighted by atomic mass is 9.99. The Balaban J connectivity index is 1.76. The van der Waals surface area contributed by atoms with Crippen LogP contribution in [0.15, 0.2) is 10.9 Å². The Bertz CT molecular complexity index is 1260. The molecule has 0 aromatic carbocycles. The van der Waals surface area contributed by atoms with Crippen LogP contribution in [0.4, 0.5) is 8.78 Å². The van der Waals surface area contributed by atoms with Crippen LogP contribution >= 0.6 is 0 Å². The van der Waals surface area contributed by atoms with Gasteiger partial charge in [0, 0.05) is 49.7 Å². The molecule has 190 valence electrons. The number of aryl methyl sites for hydroxylation is 1. The Kier molecular flexibility index (Phi) is 6.46. The Hall–Kier alpha value is -3.24. The fourth-order valence-electron chi connectivity index (χ4n) is 4.51. The summed E-state index contributed by atoms with van der Waals surface area (Å²) >= 11 is 0. The number of aromatic nitrogens is 3. The maximum atomic E-state index is 13.7. The zero-order valence-electron chi connectivity index (χ0n) is 20.3. The number of likely N-dealkylation sites (tertiary alicyclic amines) is 1. The molecular weight excluding hydrogens is 460 g/mol. The fourth-order valence-corrected chi connectivity index (χ4v) is 4.51. The average molecular weight is 492 g/mol. The molecule has 9 nitrogen and oxygen atoms in total. The van der Waals surface area contributed by atoms with Crippen molar-refractivity contribution in [3.63, 3.8) is 0 Å². The highest BCUT2D eigenvalue weighted by Crippen LogP contribution is 2.32. The lowest BCUT2D eigenvalue weighted by molar-refractivity contribution is -0.136. The van der Waals surface area contributed by atoms with E-state index in [1.54, 1.807) is 13.8 Å². The van der Waals surface area contributed by atoms with E-state index in [2.05, 4.69) is 10.4 Å². The highest BCUT2D eigenvalue weighted by atomic mass is 19.3. The Morgan fingerprint density at radius 3 is 2.60 bits per heavy atom. The van der Waals surface area contributed by atoms with Gasteiger partial charge in [-0.2, -0.15) is 9.61 Å². The van der Waals surface area contributed by atoms with Crippen LogP contribution in [-0.2, 0) is 11.3 Å². The summed E-state index contributed by atoms with van der Waals surface area (Å²) in [6.45, 7) is 7.28. The molecule has 1 saturated heterocycles. The molecule has 2 aromatic heterocycles. The van der Waals surface area contributed by atoms with E-state index < -0.39 is 41.6 Å². The second kappa shape index (κ2) is 9.09. The summed E-state index contributed by atoms with van der Waals surface area (Å²) in [4.78, 5) is 40.3. The van der Waals surface area contributed by atoms with Gasteiger partial charge in [0.15, 0.2) is 5.56 Å². The maximum absolute atomic E-state index is 13.7. The van der Waals surface area contributed by atoms with Crippen molar-refractivity contribution in [2.45, 2.75) is 77.9 Å². The first-order chi connectivity index (χ1) is 16.4. The zero-order valence-corrected chi connectivity index (χ0v) is 20.3. The molecule has 11 heteroatoms. The van der Waals surface area contributed by atoms with Gasteiger partial charge in [0.1, 0.15) is 5.65 Å². The quantitative estimate of drug-likeness (QED) is 0.604. The third-order valence-electron chi connectivity index (χ3n) is 6.43. The van der Waals surface area contributed by atoms with Crippen molar-refractivity contribution < 1.29 is 23.5 Å². The van der Waals surface area contributed by atoms with E-state index >= 15 is 0 Å². The number of hydrogen-bond donors (Lipinski definition) is 2. The lowest BCUT2D eigenvalue weighted by Crippen LogP contribution is -2.47. The number of rotatable bonds is 6. The van der Waals surface area contributed by atoms with Crippen molar-refractivity contribution in [1.29, 1.82) is 0 Å². The van der Waals surface area contributed by atoms with E-state index in [-0.39, 0.29) is 42.7 Å². The smallest absolute Gasteiger partial charge is 0.270 e.